The highest BCUT2D eigenvalue weighted by Crippen LogP contribution is 2.25. The Labute approximate surface area is 151 Å². The number of pyridine rings is 1. The number of carbonyl (C=O) groups is 1. The molecule has 0 bridgehead atoms. The summed E-state index contributed by atoms with van der Waals surface area (Å²) in [4.78, 5) is 27.3. The molecular formula is C20H21N3O3. The molecule has 3 aromatic rings. The lowest BCUT2D eigenvalue weighted by molar-refractivity contribution is 0.0179. The predicted molar refractivity (Wildman–Crippen MR) is 99.7 cm³/mol. The number of likely N-dealkylation sites (tertiary alicyclic amines) is 1. The Morgan fingerprint density at radius 3 is 2.46 bits per heavy atom. The van der Waals surface area contributed by atoms with E-state index in [2.05, 4.69) is 0 Å². The summed E-state index contributed by atoms with van der Waals surface area (Å²) in [7, 11) is 3.58. The Bertz CT molecular complexity index is 1040. The summed E-state index contributed by atoms with van der Waals surface area (Å²) in [5.41, 5.74) is 2.10. The summed E-state index contributed by atoms with van der Waals surface area (Å²) in [5.74, 6) is 0.686. The summed E-state index contributed by atoms with van der Waals surface area (Å²) < 4.78 is 9.25. The van der Waals surface area contributed by atoms with Crippen molar-refractivity contribution in [3.63, 3.8) is 0 Å². The van der Waals surface area contributed by atoms with Crippen molar-refractivity contribution in [1.29, 1.82) is 0 Å². The van der Waals surface area contributed by atoms with Crippen LogP contribution in [-0.4, -0.2) is 39.1 Å². The fourth-order valence-corrected chi connectivity index (χ4v) is 3.61. The molecule has 6 nitrogen and oxygen atoms in total. The molecule has 26 heavy (non-hydrogen) atoms. The zero-order chi connectivity index (χ0) is 18.4. The van der Waals surface area contributed by atoms with E-state index in [1.54, 1.807) is 24.3 Å². The van der Waals surface area contributed by atoms with Crippen LogP contribution < -0.4 is 10.3 Å². The molecule has 1 aliphatic rings. The fraction of sp³-hybridized carbons (Fsp3) is 0.300. The van der Waals surface area contributed by atoms with Crippen molar-refractivity contribution in [2.24, 2.45) is 14.1 Å². The van der Waals surface area contributed by atoms with Gasteiger partial charge in [-0.1, -0.05) is 18.2 Å². The Morgan fingerprint density at radius 1 is 1.08 bits per heavy atom. The standard InChI is InChI=1S/C20H21N3O3/c1-13-9-22(3)20(25)17-16(12-21(2)18(13)17)19(24)23-10-15(11-23)26-14-7-5-4-6-8-14/h4-9,12,15H,10-11H2,1-3H3. The minimum Gasteiger partial charge on any atom is -0.487 e. The van der Waals surface area contributed by atoms with Gasteiger partial charge in [-0.2, -0.15) is 0 Å². The third-order valence-electron chi connectivity index (χ3n) is 4.89. The van der Waals surface area contributed by atoms with Gasteiger partial charge in [-0.15, -0.1) is 0 Å². The minimum atomic E-state index is -0.146. The van der Waals surface area contributed by atoms with Crippen molar-refractivity contribution in [1.82, 2.24) is 14.0 Å². The zero-order valence-electron chi connectivity index (χ0n) is 15.1. The molecule has 0 unspecified atom stereocenters. The molecule has 1 amide bonds. The maximum atomic E-state index is 12.9. The number of benzene rings is 1. The Balaban J connectivity index is 1.58. The molecule has 0 aliphatic carbocycles. The first-order valence-electron chi connectivity index (χ1n) is 8.62. The van der Waals surface area contributed by atoms with E-state index in [9.17, 15) is 9.59 Å². The molecule has 1 aromatic carbocycles. The second kappa shape index (κ2) is 6.05. The van der Waals surface area contributed by atoms with E-state index < -0.39 is 0 Å². The maximum absolute atomic E-state index is 12.9. The van der Waals surface area contributed by atoms with E-state index in [0.717, 1.165) is 16.8 Å². The average Bonchev–Trinajstić information content (AvgIpc) is 2.94. The van der Waals surface area contributed by atoms with Gasteiger partial charge in [-0.05, 0) is 24.6 Å². The summed E-state index contributed by atoms with van der Waals surface area (Å²) in [6, 6.07) is 9.59. The van der Waals surface area contributed by atoms with Crippen molar-refractivity contribution in [3.8, 4) is 5.75 Å². The highest BCUT2D eigenvalue weighted by molar-refractivity contribution is 6.07. The molecule has 0 N–H and O–H groups in total. The highest BCUT2D eigenvalue weighted by atomic mass is 16.5. The summed E-state index contributed by atoms with van der Waals surface area (Å²) in [6.07, 6.45) is 3.54. The van der Waals surface area contributed by atoms with E-state index in [-0.39, 0.29) is 17.6 Å². The normalized spacial score (nSPS) is 14.5. The number of para-hydroxylation sites is 1. The molecule has 0 spiro atoms. The van der Waals surface area contributed by atoms with Crippen LogP contribution in [0.15, 0.2) is 47.5 Å². The van der Waals surface area contributed by atoms with E-state index in [4.69, 9.17) is 4.74 Å². The lowest BCUT2D eigenvalue weighted by atomic mass is 10.1. The first-order chi connectivity index (χ1) is 12.5. The van der Waals surface area contributed by atoms with Gasteiger partial charge in [0.25, 0.3) is 11.5 Å². The summed E-state index contributed by atoms with van der Waals surface area (Å²) in [6.45, 7) is 3.00. The molecule has 6 heteroatoms. The quantitative estimate of drug-likeness (QED) is 0.726. The monoisotopic (exact) mass is 351 g/mol. The molecule has 2 aromatic heterocycles. The molecule has 134 valence electrons. The Kier molecular flexibility index (Phi) is 3.83. The fourth-order valence-electron chi connectivity index (χ4n) is 3.61. The topological polar surface area (TPSA) is 56.5 Å². The van der Waals surface area contributed by atoms with Gasteiger partial charge in [0.1, 0.15) is 11.9 Å². The molecular weight excluding hydrogens is 330 g/mol. The van der Waals surface area contributed by atoms with Crippen LogP contribution in [-0.2, 0) is 14.1 Å². The highest BCUT2D eigenvalue weighted by Gasteiger charge is 2.34. The van der Waals surface area contributed by atoms with Gasteiger partial charge in [0, 0.05) is 26.5 Å². The second-order valence-corrected chi connectivity index (χ2v) is 6.87. The number of carbonyl (C=O) groups excluding carboxylic acids is 1. The number of nitrogens with zero attached hydrogens (tertiary/aromatic N) is 3. The van der Waals surface area contributed by atoms with Crippen LogP contribution in [0.3, 0.4) is 0 Å². The summed E-state index contributed by atoms with van der Waals surface area (Å²) in [5, 5.41) is 0.493. The van der Waals surface area contributed by atoms with Gasteiger partial charge in [0.15, 0.2) is 0 Å². The number of fused-ring (bicyclic) bond motifs is 1. The van der Waals surface area contributed by atoms with Crippen LogP contribution in [0.1, 0.15) is 15.9 Å². The van der Waals surface area contributed by atoms with Crippen LogP contribution in [0.4, 0.5) is 0 Å². The number of rotatable bonds is 3. The molecule has 4 rings (SSSR count). The Morgan fingerprint density at radius 2 is 1.77 bits per heavy atom. The lowest BCUT2D eigenvalue weighted by Crippen LogP contribution is -2.56. The number of hydrogen-bond donors (Lipinski definition) is 0. The van der Waals surface area contributed by atoms with Crippen LogP contribution in [0.5, 0.6) is 5.75 Å². The number of ether oxygens (including phenoxy) is 1. The van der Waals surface area contributed by atoms with E-state index >= 15 is 0 Å². The van der Waals surface area contributed by atoms with E-state index in [1.807, 2.05) is 48.9 Å². The van der Waals surface area contributed by atoms with Gasteiger partial charge in [0.05, 0.1) is 29.6 Å². The van der Waals surface area contributed by atoms with E-state index in [0.29, 0.717) is 24.0 Å². The van der Waals surface area contributed by atoms with Gasteiger partial charge >= 0.3 is 0 Å². The minimum absolute atomic E-state index is 0.0131. The molecule has 0 atom stereocenters. The molecule has 0 radical (unpaired) electrons. The van der Waals surface area contributed by atoms with Crippen LogP contribution in [0, 0.1) is 6.92 Å². The van der Waals surface area contributed by atoms with Gasteiger partial charge in [0.2, 0.25) is 0 Å². The molecule has 3 heterocycles. The largest absolute Gasteiger partial charge is 0.487 e. The van der Waals surface area contributed by atoms with Crippen LogP contribution >= 0.6 is 0 Å². The Hall–Kier alpha value is -3.02. The molecule has 1 aliphatic heterocycles. The van der Waals surface area contributed by atoms with Crippen molar-refractivity contribution in [2.45, 2.75) is 13.0 Å². The average molecular weight is 351 g/mol. The molecule has 1 saturated heterocycles. The van der Waals surface area contributed by atoms with Crippen molar-refractivity contribution < 1.29 is 9.53 Å². The number of aryl methyl sites for hydroxylation is 3. The van der Waals surface area contributed by atoms with Gasteiger partial charge in [-0.25, -0.2) is 0 Å². The summed E-state index contributed by atoms with van der Waals surface area (Å²) >= 11 is 0. The number of aromatic nitrogens is 2. The maximum Gasteiger partial charge on any atom is 0.260 e. The zero-order valence-corrected chi connectivity index (χ0v) is 15.1. The van der Waals surface area contributed by atoms with Gasteiger partial charge in [-0.3, -0.25) is 9.59 Å². The number of amides is 1. The second-order valence-electron chi connectivity index (χ2n) is 6.87. The van der Waals surface area contributed by atoms with Crippen molar-refractivity contribution in [2.75, 3.05) is 13.1 Å². The smallest absolute Gasteiger partial charge is 0.260 e. The first-order valence-corrected chi connectivity index (χ1v) is 8.62. The number of hydrogen-bond acceptors (Lipinski definition) is 3. The van der Waals surface area contributed by atoms with Crippen molar-refractivity contribution in [3.05, 3.63) is 64.2 Å². The predicted octanol–water partition coefficient (Wildman–Crippen LogP) is 2.09. The third-order valence-corrected chi connectivity index (χ3v) is 4.89. The molecule has 1 fully saturated rings. The van der Waals surface area contributed by atoms with Crippen LogP contribution in [0.2, 0.25) is 0 Å². The third kappa shape index (κ3) is 2.58. The first kappa shape index (κ1) is 16.4. The van der Waals surface area contributed by atoms with E-state index in [1.165, 1.54) is 4.57 Å². The lowest BCUT2D eigenvalue weighted by Gasteiger charge is -2.38. The SMILES string of the molecule is Cc1cn(C)c(=O)c2c(C(=O)N3CC(Oc4ccccc4)C3)cn(C)c12. The molecule has 0 saturated carbocycles. The van der Waals surface area contributed by atoms with Crippen LogP contribution in [0.25, 0.3) is 10.9 Å². The van der Waals surface area contributed by atoms with Crippen molar-refractivity contribution >= 4 is 16.8 Å². The van der Waals surface area contributed by atoms with Gasteiger partial charge < -0.3 is 18.8 Å².